The summed E-state index contributed by atoms with van der Waals surface area (Å²) in [5.41, 5.74) is 0.271. The number of rotatable bonds is 3. The van der Waals surface area contributed by atoms with Gasteiger partial charge in [0.2, 0.25) is 11.8 Å². The highest BCUT2D eigenvalue weighted by molar-refractivity contribution is 5.96. The topological polar surface area (TPSA) is 84.6 Å². The van der Waals surface area contributed by atoms with Crippen molar-refractivity contribution >= 4 is 17.5 Å². The van der Waals surface area contributed by atoms with Crippen LogP contribution in [0.2, 0.25) is 0 Å². The van der Waals surface area contributed by atoms with Crippen LogP contribution < -0.4 is 4.90 Å². The maximum atomic E-state index is 12.6. The van der Waals surface area contributed by atoms with Crippen molar-refractivity contribution < 1.29 is 14.7 Å². The Morgan fingerprint density at radius 1 is 1.27 bits per heavy atom. The summed E-state index contributed by atoms with van der Waals surface area (Å²) in [5.74, 6) is 0.0495. The minimum atomic E-state index is -0.803. The minimum Gasteiger partial charge on any atom is -0.389 e. The summed E-state index contributed by atoms with van der Waals surface area (Å²) in [4.78, 5) is 28.7. The molecule has 0 aromatic heterocycles. The lowest BCUT2D eigenvalue weighted by Gasteiger charge is -2.37. The highest BCUT2D eigenvalue weighted by atomic mass is 16.3. The average Bonchev–Trinajstić information content (AvgIpc) is 3.17. The van der Waals surface area contributed by atoms with Gasteiger partial charge in [0.1, 0.15) is 0 Å². The monoisotopic (exact) mass is 353 g/mol. The van der Waals surface area contributed by atoms with Gasteiger partial charge < -0.3 is 14.9 Å². The highest BCUT2D eigenvalue weighted by Gasteiger charge is 2.49. The van der Waals surface area contributed by atoms with E-state index in [1.807, 2.05) is 11.0 Å². The van der Waals surface area contributed by atoms with Gasteiger partial charge in [-0.2, -0.15) is 5.26 Å². The number of hydrogen-bond donors (Lipinski definition) is 1. The number of carbonyl (C=O) groups is 2. The van der Waals surface area contributed by atoms with Crippen LogP contribution in [0.25, 0.3) is 0 Å². The Labute approximate surface area is 153 Å². The number of amides is 2. The number of aliphatic hydroxyl groups is 1. The Hall–Kier alpha value is -2.39. The molecule has 1 spiro atoms. The van der Waals surface area contributed by atoms with Crippen molar-refractivity contribution in [3.63, 3.8) is 0 Å². The summed E-state index contributed by atoms with van der Waals surface area (Å²) in [6, 6.07) is 9.20. The van der Waals surface area contributed by atoms with Gasteiger partial charge in [-0.15, -0.1) is 0 Å². The van der Waals surface area contributed by atoms with Crippen molar-refractivity contribution in [1.82, 2.24) is 4.90 Å². The Bertz CT molecular complexity index is 796. The van der Waals surface area contributed by atoms with Crippen molar-refractivity contribution in [2.24, 2.45) is 5.41 Å². The second-order valence-corrected chi connectivity index (χ2v) is 8.14. The van der Waals surface area contributed by atoms with Gasteiger partial charge in [-0.3, -0.25) is 9.59 Å². The van der Waals surface area contributed by atoms with Crippen LogP contribution in [0.4, 0.5) is 5.69 Å². The number of benzene rings is 1. The Morgan fingerprint density at radius 3 is 2.77 bits per heavy atom. The largest absolute Gasteiger partial charge is 0.389 e. The molecule has 1 atom stereocenters. The SMILES string of the molecule is N#Cc1cccc(N2CC3(CCN(C(=O)CC4(O)CCC4)C3)CC2=O)c1. The van der Waals surface area contributed by atoms with Crippen LogP contribution in [0.3, 0.4) is 0 Å². The zero-order valence-corrected chi connectivity index (χ0v) is 14.8. The maximum absolute atomic E-state index is 12.6. The van der Waals surface area contributed by atoms with E-state index < -0.39 is 5.60 Å². The fourth-order valence-corrected chi connectivity index (χ4v) is 4.45. The molecule has 1 saturated carbocycles. The summed E-state index contributed by atoms with van der Waals surface area (Å²) >= 11 is 0. The summed E-state index contributed by atoms with van der Waals surface area (Å²) in [7, 11) is 0. The molecule has 2 heterocycles. The minimum absolute atomic E-state index is 0.00134. The molecule has 1 aromatic carbocycles. The standard InChI is InChI=1S/C20H23N3O3/c21-12-15-3-1-4-16(9-15)23-14-19(10-18(23)25)7-8-22(13-19)17(24)11-20(26)5-2-6-20/h1,3-4,9,26H,2,5-8,10-11,13-14H2. The molecule has 6 heteroatoms. The molecule has 1 aromatic rings. The van der Waals surface area contributed by atoms with Crippen molar-refractivity contribution in [3.8, 4) is 6.07 Å². The molecule has 26 heavy (non-hydrogen) atoms. The third kappa shape index (κ3) is 2.97. The normalized spacial score (nSPS) is 26.8. The Balaban J connectivity index is 1.44. The van der Waals surface area contributed by atoms with Crippen molar-refractivity contribution in [2.45, 2.75) is 44.1 Å². The van der Waals surface area contributed by atoms with Gasteiger partial charge in [0, 0.05) is 37.2 Å². The molecule has 1 aliphatic carbocycles. The van der Waals surface area contributed by atoms with Crippen LogP contribution in [0, 0.1) is 16.7 Å². The molecule has 2 saturated heterocycles. The highest BCUT2D eigenvalue weighted by Crippen LogP contribution is 2.43. The second kappa shape index (κ2) is 6.10. The lowest BCUT2D eigenvalue weighted by Crippen LogP contribution is -2.43. The van der Waals surface area contributed by atoms with E-state index in [1.165, 1.54) is 0 Å². The van der Waals surface area contributed by atoms with E-state index in [9.17, 15) is 14.7 Å². The lowest BCUT2D eigenvalue weighted by atomic mass is 9.77. The summed E-state index contributed by atoms with van der Waals surface area (Å²) in [6.45, 7) is 1.80. The molecule has 0 bridgehead atoms. The molecule has 136 valence electrons. The zero-order chi connectivity index (χ0) is 18.4. The first-order valence-electron chi connectivity index (χ1n) is 9.23. The summed E-state index contributed by atoms with van der Waals surface area (Å²) in [6.07, 6.45) is 3.83. The van der Waals surface area contributed by atoms with Gasteiger partial charge in [-0.05, 0) is 43.9 Å². The average molecular weight is 353 g/mol. The quantitative estimate of drug-likeness (QED) is 0.898. The number of nitriles is 1. The van der Waals surface area contributed by atoms with Gasteiger partial charge in [0.15, 0.2) is 0 Å². The van der Waals surface area contributed by atoms with Gasteiger partial charge in [-0.1, -0.05) is 6.07 Å². The Morgan fingerprint density at radius 2 is 2.08 bits per heavy atom. The fourth-order valence-electron chi connectivity index (χ4n) is 4.45. The van der Waals surface area contributed by atoms with Crippen molar-refractivity contribution in [2.75, 3.05) is 24.5 Å². The van der Waals surface area contributed by atoms with Crippen molar-refractivity contribution in [1.29, 1.82) is 5.26 Å². The van der Waals surface area contributed by atoms with Crippen LogP contribution in [-0.2, 0) is 9.59 Å². The lowest BCUT2D eigenvalue weighted by molar-refractivity contribution is -0.139. The van der Waals surface area contributed by atoms with E-state index in [1.54, 1.807) is 23.1 Å². The van der Waals surface area contributed by atoms with Crippen molar-refractivity contribution in [3.05, 3.63) is 29.8 Å². The first kappa shape index (κ1) is 17.0. The first-order chi connectivity index (χ1) is 12.4. The summed E-state index contributed by atoms with van der Waals surface area (Å²) in [5, 5.41) is 19.3. The summed E-state index contributed by atoms with van der Waals surface area (Å²) < 4.78 is 0. The zero-order valence-electron chi connectivity index (χ0n) is 14.8. The second-order valence-electron chi connectivity index (χ2n) is 8.14. The predicted octanol–water partition coefficient (Wildman–Crippen LogP) is 1.82. The molecule has 2 aliphatic heterocycles. The van der Waals surface area contributed by atoms with E-state index in [-0.39, 0.29) is 23.7 Å². The van der Waals surface area contributed by atoms with Crippen LogP contribution in [0.1, 0.15) is 44.1 Å². The third-order valence-corrected chi connectivity index (χ3v) is 6.16. The van der Waals surface area contributed by atoms with Crippen LogP contribution in [0.5, 0.6) is 0 Å². The molecule has 3 fully saturated rings. The molecular formula is C20H23N3O3. The van der Waals surface area contributed by atoms with Crippen LogP contribution >= 0.6 is 0 Å². The maximum Gasteiger partial charge on any atom is 0.227 e. The molecule has 2 amide bonds. The predicted molar refractivity (Wildman–Crippen MR) is 95.2 cm³/mol. The van der Waals surface area contributed by atoms with Gasteiger partial charge >= 0.3 is 0 Å². The molecule has 1 unspecified atom stereocenters. The smallest absolute Gasteiger partial charge is 0.227 e. The Kier molecular flexibility index (Phi) is 4.00. The third-order valence-electron chi connectivity index (χ3n) is 6.16. The van der Waals surface area contributed by atoms with Crippen LogP contribution in [0.15, 0.2) is 24.3 Å². The van der Waals surface area contributed by atoms with E-state index in [4.69, 9.17) is 5.26 Å². The number of nitrogens with zero attached hydrogens (tertiary/aromatic N) is 3. The first-order valence-corrected chi connectivity index (χ1v) is 9.23. The fraction of sp³-hybridized carbons (Fsp3) is 0.550. The number of likely N-dealkylation sites (tertiary alicyclic amines) is 1. The molecule has 6 nitrogen and oxygen atoms in total. The number of anilines is 1. The molecule has 1 N–H and O–H groups in total. The van der Waals surface area contributed by atoms with Gasteiger partial charge in [0.25, 0.3) is 0 Å². The molecule has 4 rings (SSSR count). The molecule has 3 aliphatic rings. The van der Waals surface area contributed by atoms with E-state index in [0.717, 1.165) is 18.5 Å². The van der Waals surface area contributed by atoms with E-state index >= 15 is 0 Å². The van der Waals surface area contributed by atoms with Crippen LogP contribution in [-0.4, -0.2) is 47.1 Å². The van der Waals surface area contributed by atoms with E-state index in [0.29, 0.717) is 44.5 Å². The molecule has 0 radical (unpaired) electrons. The molecular weight excluding hydrogens is 330 g/mol. The van der Waals surface area contributed by atoms with Gasteiger partial charge in [0.05, 0.1) is 23.7 Å². The number of carbonyl (C=O) groups excluding carboxylic acids is 2. The number of hydrogen-bond acceptors (Lipinski definition) is 4. The van der Waals surface area contributed by atoms with Gasteiger partial charge in [-0.25, -0.2) is 0 Å². The van der Waals surface area contributed by atoms with E-state index in [2.05, 4.69) is 6.07 Å².